The molecule has 0 aliphatic carbocycles. The first kappa shape index (κ1) is 13.1. The fourth-order valence-corrected chi connectivity index (χ4v) is 2.11. The van der Waals surface area contributed by atoms with Crippen LogP contribution in [0.1, 0.15) is 16.7 Å². The molecule has 2 aromatic carbocycles. The predicted molar refractivity (Wildman–Crippen MR) is 77.3 cm³/mol. The SMILES string of the molecule is N#Cc1ccc(NCc2ccccc2Br)cc1C#N. The van der Waals surface area contributed by atoms with Gasteiger partial charge in [-0.25, -0.2) is 0 Å². The number of hydrogen-bond donors (Lipinski definition) is 1. The van der Waals surface area contributed by atoms with Gasteiger partial charge in [0.1, 0.15) is 12.1 Å². The molecule has 92 valence electrons. The van der Waals surface area contributed by atoms with Gasteiger partial charge in [0.25, 0.3) is 0 Å². The lowest BCUT2D eigenvalue weighted by Gasteiger charge is -2.08. The summed E-state index contributed by atoms with van der Waals surface area (Å²) < 4.78 is 1.04. The minimum atomic E-state index is 0.389. The van der Waals surface area contributed by atoms with Crippen LogP contribution in [0.25, 0.3) is 0 Å². The second-order valence-electron chi connectivity index (χ2n) is 3.93. The van der Waals surface area contributed by atoms with Gasteiger partial charge in [0.05, 0.1) is 11.1 Å². The molecular formula is C15H10BrN3. The molecule has 0 radical (unpaired) electrons. The van der Waals surface area contributed by atoms with E-state index < -0.39 is 0 Å². The van der Waals surface area contributed by atoms with Crippen molar-refractivity contribution < 1.29 is 0 Å². The molecular weight excluding hydrogens is 302 g/mol. The number of nitrogens with zero attached hydrogens (tertiary/aromatic N) is 2. The van der Waals surface area contributed by atoms with Gasteiger partial charge in [-0.15, -0.1) is 0 Å². The summed E-state index contributed by atoms with van der Waals surface area (Å²) in [5.74, 6) is 0. The molecule has 0 bridgehead atoms. The number of nitrogens with one attached hydrogen (secondary N) is 1. The van der Waals surface area contributed by atoms with Crippen LogP contribution in [0.5, 0.6) is 0 Å². The van der Waals surface area contributed by atoms with E-state index in [1.165, 1.54) is 0 Å². The van der Waals surface area contributed by atoms with Gasteiger partial charge in [-0.1, -0.05) is 34.1 Å². The molecule has 0 heterocycles. The number of rotatable bonds is 3. The van der Waals surface area contributed by atoms with E-state index in [9.17, 15) is 0 Å². The van der Waals surface area contributed by atoms with Crippen molar-refractivity contribution in [3.05, 3.63) is 63.6 Å². The largest absolute Gasteiger partial charge is 0.381 e. The van der Waals surface area contributed by atoms with Crippen LogP contribution in [0.3, 0.4) is 0 Å². The Morgan fingerprint density at radius 3 is 2.42 bits per heavy atom. The molecule has 0 spiro atoms. The Balaban J connectivity index is 2.15. The van der Waals surface area contributed by atoms with Crippen molar-refractivity contribution in [1.82, 2.24) is 0 Å². The Morgan fingerprint density at radius 1 is 1.00 bits per heavy atom. The smallest absolute Gasteiger partial charge is 0.101 e. The van der Waals surface area contributed by atoms with E-state index in [0.717, 1.165) is 15.7 Å². The molecule has 0 amide bonds. The van der Waals surface area contributed by atoms with Crippen molar-refractivity contribution in [2.45, 2.75) is 6.54 Å². The first-order valence-corrected chi connectivity index (χ1v) is 6.45. The van der Waals surface area contributed by atoms with Gasteiger partial charge in [-0.3, -0.25) is 0 Å². The Morgan fingerprint density at radius 2 is 1.74 bits per heavy atom. The zero-order chi connectivity index (χ0) is 13.7. The first-order chi connectivity index (χ1) is 9.24. The molecule has 2 rings (SSSR count). The van der Waals surface area contributed by atoms with Crippen LogP contribution in [0.4, 0.5) is 5.69 Å². The molecule has 0 unspecified atom stereocenters. The van der Waals surface area contributed by atoms with Gasteiger partial charge in [-0.2, -0.15) is 10.5 Å². The van der Waals surface area contributed by atoms with E-state index in [0.29, 0.717) is 17.7 Å². The summed E-state index contributed by atoms with van der Waals surface area (Å²) in [6, 6.07) is 17.1. The quantitative estimate of drug-likeness (QED) is 0.937. The Kier molecular flexibility index (Phi) is 4.18. The van der Waals surface area contributed by atoms with Crippen molar-refractivity contribution in [1.29, 1.82) is 10.5 Å². The number of halogens is 1. The normalized spacial score (nSPS) is 9.42. The lowest BCUT2D eigenvalue weighted by atomic mass is 10.1. The van der Waals surface area contributed by atoms with Crippen molar-refractivity contribution in [2.24, 2.45) is 0 Å². The maximum absolute atomic E-state index is 8.97. The van der Waals surface area contributed by atoms with Crippen LogP contribution < -0.4 is 5.32 Å². The molecule has 19 heavy (non-hydrogen) atoms. The maximum Gasteiger partial charge on any atom is 0.101 e. The minimum absolute atomic E-state index is 0.389. The predicted octanol–water partition coefficient (Wildman–Crippen LogP) is 3.80. The van der Waals surface area contributed by atoms with Crippen LogP contribution in [0.2, 0.25) is 0 Å². The fraction of sp³-hybridized carbons (Fsp3) is 0.0667. The molecule has 0 aromatic heterocycles. The lowest BCUT2D eigenvalue weighted by molar-refractivity contribution is 1.14. The highest BCUT2D eigenvalue weighted by molar-refractivity contribution is 9.10. The molecule has 0 aliphatic heterocycles. The molecule has 4 heteroatoms. The Bertz CT molecular complexity index is 681. The minimum Gasteiger partial charge on any atom is -0.381 e. The van der Waals surface area contributed by atoms with E-state index in [-0.39, 0.29) is 0 Å². The van der Waals surface area contributed by atoms with E-state index in [2.05, 4.69) is 21.2 Å². The van der Waals surface area contributed by atoms with Gasteiger partial charge >= 0.3 is 0 Å². The Labute approximate surface area is 120 Å². The van der Waals surface area contributed by atoms with Gasteiger partial charge in [0.15, 0.2) is 0 Å². The summed E-state index contributed by atoms with van der Waals surface area (Å²) in [7, 11) is 0. The molecule has 0 saturated carbocycles. The number of hydrogen-bond acceptors (Lipinski definition) is 3. The van der Waals surface area contributed by atoms with Crippen LogP contribution in [-0.2, 0) is 6.54 Å². The third kappa shape index (κ3) is 3.13. The fourth-order valence-electron chi connectivity index (χ4n) is 1.68. The van der Waals surface area contributed by atoms with Gasteiger partial charge in [-0.05, 0) is 29.8 Å². The third-order valence-electron chi connectivity index (χ3n) is 2.70. The standard InChI is InChI=1S/C15H10BrN3/c16-15-4-2-1-3-12(15)10-19-14-6-5-11(8-17)13(7-14)9-18/h1-7,19H,10H2. The van der Waals surface area contributed by atoms with Crippen molar-refractivity contribution in [2.75, 3.05) is 5.32 Å². The van der Waals surface area contributed by atoms with E-state index in [1.807, 2.05) is 36.4 Å². The molecule has 0 aliphatic rings. The summed E-state index contributed by atoms with van der Waals surface area (Å²) in [6.45, 7) is 0.651. The van der Waals surface area contributed by atoms with Crippen LogP contribution in [-0.4, -0.2) is 0 Å². The molecule has 3 nitrogen and oxygen atoms in total. The van der Waals surface area contributed by atoms with E-state index in [1.54, 1.807) is 18.2 Å². The maximum atomic E-state index is 8.97. The lowest BCUT2D eigenvalue weighted by Crippen LogP contribution is -2.00. The molecule has 0 atom stereocenters. The molecule has 0 saturated heterocycles. The molecule has 0 fully saturated rings. The second kappa shape index (κ2) is 6.04. The Hall–Kier alpha value is -2.30. The van der Waals surface area contributed by atoms with Gasteiger partial charge in [0.2, 0.25) is 0 Å². The first-order valence-electron chi connectivity index (χ1n) is 5.66. The average Bonchev–Trinajstić information content (AvgIpc) is 2.46. The monoisotopic (exact) mass is 311 g/mol. The summed E-state index contributed by atoms with van der Waals surface area (Å²) in [5.41, 5.74) is 2.74. The topological polar surface area (TPSA) is 59.6 Å². The van der Waals surface area contributed by atoms with Crippen LogP contribution in [0.15, 0.2) is 46.9 Å². The van der Waals surface area contributed by atoms with Crippen molar-refractivity contribution in [3.8, 4) is 12.1 Å². The highest BCUT2D eigenvalue weighted by Crippen LogP contribution is 2.19. The van der Waals surface area contributed by atoms with Gasteiger partial charge < -0.3 is 5.32 Å². The molecule has 1 N–H and O–H groups in total. The highest BCUT2D eigenvalue weighted by Gasteiger charge is 2.03. The van der Waals surface area contributed by atoms with Crippen molar-refractivity contribution >= 4 is 21.6 Å². The van der Waals surface area contributed by atoms with Crippen LogP contribution in [0, 0.1) is 22.7 Å². The zero-order valence-corrected chi connectivity index (χ0v) is 11.6. The zero-order valence-electron chi connectivity index (χ0n) is 10.0. The van der Waals surface area contributed by atoms with E-state index >= 15 is 0 Å². The summed E-state index contributed by atoms with van der Waals surface area (Å²) >= 11 is 3.49. The van der Waals surface area contributed by atoms with E-state index in [4.69, 9.17) is 10.5 Å². The second-order valence-corrected chi connectivity index (χ2v) is 4.78. The number of benzene rings is 2. The number of anilines is 1. The summed E-state index contributed by atoms with van der Waals surface area (Å²) in [5, 5.41) is 21.1. The van der Waals surface area contributed by atoms with Crippen LogP contribution >= 0.6 is 15.9 Å². The summed E-state index contributed by atoms with van der Waals surface area (Å²) in [4.78, 5) is 0. The number of nitriles is 2. The molecule has 2 aromatic rings. The van der Waals surface area contributed by atoms with Gasteiger partial charge in [0, 0.05) is 16.7 Å². The third-order valence-corrected chi connectivity index (χ3v) is 3.47. The van der Waals surface area contributed by atoms with Crippen molar-refractivity contribution in [3.63, 3.8) is 0 Å². The average molecular weight is 312 g/mol. The summed E-state index contributed by atoms with van der Waals surface area (Å²) in [6.07, 6.45) is 0. The highest BCUT2D eigenvalue weighted by atomic mass is 79.9.